The fourth-order valence-corrected chi connectivity index (χ4v) is 3.85. The molecule has 0 bridgehead atoms. The van der Waals surface area contributed by atoms with Crippen LogP contribution in [0.25, 0.3) is 0 Å². The van der Waals surface area contributed by atoms with Gasteiger partial charge in [0, 0.05) is 36.7 Å². The predicted molar refractivity (Wildman–Crippen MR) is 117 cm³/mol. The minimum absolute atomic E-state index is 0.0484. The largest absolute Gasteiger partial charge is 0.437 e. The Morgan fingerprint density at radius 1 is 1.32 bits per heavy atom. The zero-order valence-electron chi connectivity index (χ0n) is 19.3. The molecule has 1 fully saturated rings. The van der Waals surface area contributed by atoms with Crippen LogP contribution in [0.15, 0.2) is 59.9 Å². The van der Waals surface area contributed by atoms with Gasteiger partial charge in [0.05, 0.1) is 24.0 Å². The summed E-state index contributed by atoms with van der Waals surface area (Å²) in [5.41, 5.74) is 4.23. The molecule has 0 radical (unpaired) electrons. The molecule has 1 aliphatic carbocycles. The van der Waals surface area contributed by atoms with Crippen molar-refractivity contribution in [1.29, 1.82) is 0 Å². The lowest BCUT2D eigenvalue weighted by Crippen LogP contribution is -2.58. The van der Waals surface area contributed by atoms with Gasteiger partial charge in [0.25, 0.3) is 5.92 Å². The topological polar surface area (TPSA) is 46.6 Å². The number of pyridine rings is 1. The second-order valence-corrected chi connectivity index (χ2v) is 8.93. The number of hydroxylamine groups is 1. The van der Waals surface area contributed by atoms with Crippen molar-refractivity contribution in [3.8, 4) is 5.88 Å². The molecule has 2 aliphatic rings. The summed E-state index contributed by atoms with van der Waals surface area (Å²) in [6.45, 7) is 9.40. The van der Waals surface area contributed by atoms with Crippen molar-refractivity contribution in [1.82, 2.24) is 15.4 Å². The van der Waals surface area contributed by atoms with Crippen molar-refractivity contribution in [2.45, 2.75) is 64.3 Å². The number of alkyl halides is 4. The summed E-state index contributed by atoms with van der Waals surface area (Å²) in [5.74, 6) is -2.86. The lowest BCUT2D eigenvalue weighted by molar-refractivity contribution is -0.170. The molecular formula is C24H28F5N3O2. The monoisotopic (exact) mass is 485 g/mol. The number of aryl methyl sites for hydroxylation is 1. The highest BCUT2D eigenvalue weighted by Gasteiger charge is 2.54. The second kappa shape index (κ2) is 10.3. The van der Waals surface area contributed by atoms with Crippen molar-refractivity contribution in [3.05, 3.63) is 71.3 Å². The van der Waals surface area contributed by atoms with Crippen molar-refractivity contribution in [2.75, 3.05) is 6.61 Å². The summed E-state index contributed by atoms with van der Waals surface area (Å²) in [6.07, 6.45) is 2.47. The SMILES string of the molecule is C=C1C=CC(Oc2ncc(F)cc2CCC(F)F)=C(C)N1/C=C(\C)CONC1(C)CC(F)(F)C1. The number of rotatable bonds is 10. The lowest BCUT2D eigenvalue weighted by atomic mass is 9.76. The molecule has 3 rings (SSSR count). The molecule has 0 saturated heterocycles. The van der Waals surface area contributed by atoms with E-state index < -0.39 is 30.1 Å². The van der Waals surface area contributed by atoms with E-state index in [-0.39, 0.29) is 37.3 Å². The van der Waals surface area contributed by atoms with Crippen molar-refractivity contribution in [3.63, 3.8) is 0 Å². The Bertz CT molecular complexity index is 1010. The van der Waals surface area contributed by atoms with E-state index in [4.69, 9.17) is 9.57 Å². The molecule has 1 saturated carbocycles. The van der Waals surface area contributed by atoms with Gasteiger partial charge in [0.2, 0.25) is 12.3 Å². The zero-order chi connectivity index (χ0) is 25.1. The first-order chi connectivity index (χ1) is 15.9. The van der Waals surface area contributed by atoms with E-state index >= 15 is 0 Å². The minimum Gasteiger partial charge on any atom is -0.437 e. The summed E-state index contributed by atoms with van der Waals surface area (Å²) in [7, 11) is 0. The summed E-state index contributed by atoms with van der Waals surface area (Å²) < 4.78 is 71.0. The maximum absolute atomic E-state index is 13.6. The first kappa shape index (κ1) is 25.9. The Morgan fingerprint density at radius 2 is 2.03 bits per heavy atom. The van der Waals surface area contributed by atoms with Crippen LogP contribution >= 0.6 is 0 Å². The molecule has 2 heterocycles. The third kappa shape index (κ3) is 6.66. The van der Waals surface area contributed by atoms with Gasteiger partial charge in [0.15, 0.2) is 0 Å². The van der Waals surface area contributed by atoms with E-state index in [1.807, 2.05) is 6.92 Å². The van der Waals surface area contributed by atoms with E-state index in [2.05, 4.69) is 17.0 Å². The molecule has 5 nitrogen and oxygen atoms in total. The highest BCUT2D eigenvalue weighted by molar-refractivity contribution is 5.39. The zero-order valence-corrected chi connectivity index (χ0v) is 19.3. The van der Waals surface area contributed by atoms with E-state index in [0.29, 0.717) is 17.2 Å². The van der Waals surface area contributed by atoms with Gasteiger partial charge in [-0.3, -0.25) is 4.84 Å². The molecule has 1 aromatic heterocycles. The summed E-state index contributed by atoms with van der Waals surface area (Å²) in [5, 5.41) is 0. The second-order valence-electron chi connectivity index (χ2n) is 8.93. The van der Waals surface area contributed by atoms with E-state index in [9.17, 15) is 22.0 Å². The van der Waals surface area contributed by atoms with Crippen LogP contribution in [0.4, 0.5) is 22.0 Å². The maximum atomic E-state index is 13.6. The molecule has 0 aromatic carbocycles. The first-order valence-electron chi connectivity index (χ1n) is 10.8. The Morgan fingerprint density at radius 3 is 2.68 bits per heavy atom. The van der Waals surface area contributed by atoms with Gasteiger partial charge in [-0.2, -0.15) is 5.48 Å². The average molecular weight is 485 g/mol. The smallest absolute Gasteiger partial charge is 0.251 e. The maximum Gasteiger partial charge on any atom is 0.251 e. The fraction of sp³-hybridized carbons (Fsp3) is 0.458. The number of hydrogen-bond acceptors (Lipinski definition) is 5. The normalized spacial score (nSPS) is 19.6. The van der Waals surface area contributed by atoms with Crippen LogP contribution in [-0.4, -0.2) is 34.4 Å². The predicted octanol–water partition coefficient (Wildman–Crippen LogP) is 6.03. The lowest BCUT2D eigenvalue weighted by Gasteiger charge is -2.44. The van der Waals surface area contributed by atoms with Gasteiger partial charge in [-0.15, -0.1) is 0 Å². The Balaban J connectivity index is 1.68. The molecule has 10 heteroatoms. The minimum atomic E-state index is -2.66. The molecule has 1 N–H and O–H groups in total. The number of aromatic nitrogens is 1. The Kier molecular flexibility index (Phi) is 7.82. The van der Waals surface area contributed by atoms with Gasteiger partial charge in [0.1, 0.15) is 11.6 Å². The summed E-state index contributed by atoms with van der Waals surface area (Å²) in [4.78, 5) is 11.1. The van der Waals surface area contributed by atoms with Gasteiger partial charge in [-0.25, -0.2) is 26.9 Å². The fourth-order valence-electron chi connectivity index (χ4n) is 3.85. The number of nitrogens with one attached hydrogen (secondary N) is 1. The molecule has 1 aliphatic heterocycles. The number of nitrogens with zero attached hydrogens (tertiary/aromatic N) is 2. The van der Waals surface area contributed by atoms with Crippen LogP contribution in [0.5, 0.6) is 5.88 Å². The third-order valence-electron chi connectivity index (χ3n) is 5.45. The van der Waals surface area contributed by atoms with Crippen LogP contribution in [0.3, 0.4) is 0 Å². The van der Waals surface area contributed by atoms with Crippen molar-refractivity contribution in [2.24, 2.45) is 0 Å². The molecule has 186 valence electrons. The number of ether oxygens (including phenoxy) is 1. The van der Waals surface area contributed by atoms with Crippen LogP contribution in [-0.2, 0) is 11.3 Å². The molecule has 0 spiro atoms. The quantitative estimate of drug-likeness (QED) is 0.324. The van der Waals surface area contributed by atoms with Crippen LogP contribution in [0.1, 0.15) is 45.6 Å². The summed E-state index contributed by atoms with van der Waals surface area (Å²) >= 11 is 0. The van der Waals surface area contributed by atoms with Gasteiger partial charge in [-0.05, 0) is 51.0 Å². The standard InChI is InChI=1S/C24H28F5N3O2/c1-15(12-33-31-23(4)13-24(28,29)14-23)11-32-16(2)5-7-20(17(32)3)34-22-18(6-8-21(26)27)9-19(25)10-30-22/h5,7,9-11,21,31H,2,6,8,12-14H2,1,3-4H3/b15-11+. The number of allylic oxidation sites excluding steroid dienone is 3. The summed E-state index contributed by atoms with van der Waals surface area (Å²) in [6, 6.07) is 1.14. The third-order valence-corrected chi connectivity index (χ3v) is 5.45. The molecule has 34 heavy (non-hydrogen) atoms. The molecule has 0 atom stereocenters. The van der Waals surface area contributed by atoms with Crippen molar-refractivity contribution < 1.29 is 31.5 Å². The highest BCUT2D eigenvalue weighted by atomic mass is 19.3. The van der Waals surface area contributed by atoms with E-state index in [0.717, 1.165) is 17.8 Å². The number of halogens is 5. The van der Waals surface area contributed by atoms with E-state index in [1.165, 1.54) is 0 Å². The van der Waals surface area contributed by atoms with Crippen molar-refractivity contribution >= 4 is 0 Å². The molecule has 0 unspecified atom stereocenters. The van der Waals surface area contributed by atoms with Crippen LogP contribution < -0.4 is 10.2 Å². The Labute approximate surface area is 195 Å². The van der Waals surface area contributed by atoms with Gasteiger partial charge in [-0.1, -0.05) is 6.58 Å². The van der Waals surface area contributed by atoms with Crippen LogP contribution in [0.2, 0.25) is 0 Å². The highest BCUT2D eigenvalue weighted by Crippen LogP contribution is 2.45. The molecular weight excluding hydrogens is 457 g/mol. The van der Waals surface area contributed by atoms with Gasteiger partial charge < -0.3 is 9.64 Å². The van der Waals surface area contributed by atoms with E-state index in [1.54, 1.807) is 37.1 Å². The van der Waals surface area contributed by atoms with Crippen LogP contribution in [0, 0.1) is 5.82 Å². The molecule has 1 aromatic rings. The Hall–Kier alpha value is -2.72. The molecule has 0 amide bonds. The average Bonchev–Trinajstić information content (AvgIpc) is 2.71. The van der Waals surface area contributed by atoms with Gasteiger partial charge >= 0.3 is 0 Å². The number of hydrogen-bond donors (Lipinski definition) is 1. The first-order valence-corrected chi connectivity index (χ1v) is 10.8.